The van der Waals surface area contributed by atoms with E-state index in [1.54, 1.807) is 0 Å². The summed E-state index contributed by atoms with van der Waals surface area (Å²) in [5, 5.41) is 0. The van der Waals surface area contributed by atoms with Crippen LogP contribution < -0.4 is 4.74 Å². The minimum absolute atomic E-state index is 0.0888. The molecule has 0 N–H and O–H groups in total. The molecule has 1 aliphatic carbocycles. The lowest BCUT2D eigenvalue weighted by Crippen LogP contribution is -2.33. The van der Waals surface area contributed by atoms with Crippen LogP contribution in [-0.4, -0.2) is 36.7 Å². The second-order valence-electron chi connectivity index (χ2n) is 6.40. The first-order valence-corrected chi connectivity index (χ1v) is 8.07. The molecule has 1 aromatic carbocycles. The van der Waals surface area contributed by atoms with Gasteiger partial charge >= 0.3 is 5.97 Å². The smallest absolute Gasteiger partial charge is 0.309 e. The summed E-state index contributed by atoms with van der Waals surface area (Å²) in [7, 11) is 1.45. The molecule has 22 heavy (non-hydrogen) atoms. The number of hydrogen-bond acceptors (Lipinski definition) is 4. The summed E-state index contributed by atoms with van der Waals surface area (Å²) >= 11 is 0. The van der Waals surface area contributed by atoms with E-state index in [0.717, 1.165) is 18.8 Å². The van der Waals surface area contributed by atoms with E-state index in [0.29, 0.717) is 6.04 Å². The van der Waals surface area contributed by atoms with Crippen LogP contribution in [0.15, 0.2) is 24.3 Å². The number of methoxy groups -OCH3 is 1. The Morgan fingerprint density at radius 3 is 2.36 bits per heavy atom. The molecular weight excluding hydrogens is 278 g/mol. The third kappa shape index (κ3) is 5.02. The van der Waals surface area contributed by atoms with E-state index >= 15 is 0 Å². The Kier molecular flexibility index (Phi) is 5.83. The third-order valence-electron chi connectivity index (χ3n) is 3.86. The van der Waals surface area contributed by atoms with Gasteiger partial charge in [0.1, 0.15) is 5.75 Å². The van der Waals surface area contributed by atoms with E-state index < -0.39 is 0 Å². The summed E-state index contributed by atoms with van der Waals surface area (Å²) in [6.07, 6.45) is 2.64. The first-order chi connectivity index (χ1) is 10.5. The molecule has 2 rings (SSSR count). The highest BCUT2D eigenvalue weighted by Gasteiger charge is 2.31. The molecule has 0 bridgehead atoms. The fourth-order valence-corrected chi connectivity index (χ4v) is 2.59. The SMILES string of the molecule is COC(=O)[C@H](C)CN(Cc1ccc(OC(C)C)cc1)C1CC1. The van der Waals surface area contributed by atoms with Gasteiger partial charge in [-0.25, -0.2) is 0 Å². The van der Waals surface area contributed by atoms with Crippen molar-refractivity contribution in [3.63, 3.8) is 0 Å². The van der Waals surface area contributed by atoms with E-state index in [1.807, 2.05) is 32.9 Å². The topological polar surface area (TPSA) is 38.8 Å². The average Bonchev–Trinajstić information content (AvgIpc) is 3.31. The van der Waals surface area contributed by atoms with Gasteiger partial charge in [-0.2, -0.15) is 0 Å². The van der Waals surface area contributed by atoms with Crippen molar-refractivity contribution < 1.29 is 14.3 Å². The molecule has 1 saturated carbocycles. The van der Waals surface area contributed by atoms with Crippen molar-refractivity contribution in [3.8, 4) is 5.75 Å². The highest BCUT2D eigenvalue weighted by Crippen LogP contribution is 2.29. The molecule has 1 atom stereocenters. The number of carbonyl (C=O) groups excluding carboxylic acids is 1. The molecule has 0 spiro atoms. The molecule has 1 aromatic rings. The molecule has 0 amide bonds. The van der Waals surface area contributed by atoms with Crippen LogP contribution in [0.2, 0.25) is 0 Å². The maximum absolute atomic E-state index is 11.6. The largest absolute Gasteiger partial charge is 0.491 e. The molecule has 1 aliphatic rings. The molecule has 4 heteroatoms. The van der Waals surface area contributed by atoms with Gasteiger partial charge in [0.2, 0.25) is 0 Å². The van der Waals surface area contributed by atoms with Gasteiger partial charge < -0.3 is 9.47 Å². The predicted octanol–water partition coefficient (Wildman–Crippen LogP) is 3.25. The zero-order valence-electron chi connectivity index (χ0n) is 14.0. The van der Waals surface area contributed by atoms with Crippen molar-refractivity contribution in [1.29, 1.82) is 0 Å². The second kappa shape index (κ2) is 7.63. The van der Waals surface area contributed by atoms with Crippen LogP contribution in [0.1, 0.15) is 39.2 Å². The molecular formula is C18H27NO3. The van der Waals surface area contributed by atoms with E-state index in [2.05, 4.69) is 17.0 Å². The van der Waals surface area contributed by atoms with Crippen LogP contribution in [0.5, 0.6) is 5.75 Å². The van der Waals surface area contributed by atoms with Gasteiger partial charge in [-0.15, -0.1) is 0 Å². The summed E-state index contributed by atoms with van der Waals surface area (Å²) in [6.45, 7) is 7.60. The Morgan fingerprint density at radius 2 is 1.86 bits per heavy atom. The van der Waals surface area contributed by atoms with Crippen molar-refractivity contribution >= 4 is 5.97 Å². The van der Waals surface area contributed by atoms with Gasteiger partial charge in [0, 0.05) is 19.1 Å². The van der Waals surface area contributed by atoms with Crippen molar-refractivity contribution in [2.75, 3.05) is 13.7 Å². The number of benzene rings is 1. The van der Waals surface area contributed by atoms with Gasteiger partial charge in [-0.05, 0) is 44.4 Å². The van der Waals surface area contributed by atoms with Crippen molar-refractivity contribution in [3.05, 3.63) is 29.8 Å². The van der Waals surface area contributed by atoms with E-state index in [4.69, 9.17) is 9.47 Å². The lowest BCUT2D eigenvalue weighted by molar-refractivity contribution is -0.145. The Balaban J connectivity index is 1.94. The molecule has 122 valence electrons. The molecule has 0 unspecified atom stereocenters. The number of carbonyl (C=O) groups is 1. The standard InChI is InChI=1S/C18H27NO3/c1-13(2)22-17-9-5-15(6-10-17)12-19(16-7-8-16)11-14(3)18(20)21-4/h5-6,9-10,13-14,16H,7-8,11-12H2,1-4H3/t14-/m1/s1. The van der Waals surface area contributed by atoms with Gasteiger partial charge in [-0.1, -0.05) is 19.1 Å². The van der Waals surface area contributed by atoms with Gasteiger partial charge in [0.05, 0.1) is 19.1 Å². The van der Waals surface area contributed by atoms with Crippen molar-refractivity contribution in [2.45, 2.75) is 52.3 Å². The van der Waals surface area contributed by atoms with Crippen LogP contribution in [0, 0.1) is 5.92 Å². The molecule has 0 saturated heterocycles. The summed E-state index contributed by atoms with van der Waals surface area (Å²) in [5.74, 6) is 0.681. The van der Waals surface area contributed by atoms with Crippen molar-refractivity contribution in [1.82, 2.24) is 4.90 Å². The molecule has 0 heterocycles. The first-order valence-electron chi connectivity index (χ1n) is 8.07. The maximum Gasteiger partial charge on any atom is 0.309 e. The fraction of sp³-hybridized carbons (Fsp3) is 0.611. The first kappa shape index (κ1) is 16.8. The van der Waals surface area contributed by atoms with Crippen LogP contribution in [-0.2, 0) is 16.1 Å². The van der Waals surface area contributed by atoms with E-state index in [-0.39, 0.29) is 18.0 Å². The predicted molar refractivity (Wildman–Crippen MR) is 86.8 cm³/mol. The van der Waals surface area contributed by atoms with Crippen LogP contribution >= 0.6 is 0 Å². The summed E-state index contributed by atoms with van der Waals surface area (Å²) in [6, 6.07) is 8.86. The highest BCUT2D eigenvalue weighted by atomic mass is 16.5. The molecule has 1 fully saturated rings. The Labute approximate surface area is 133 Å². The Morgan fingerprint density at radius 1 is 1.23 bits per heavy atom. The lowest BCUT2D eigenvalue weighted by atomic mass is 10.1. The zero-order chi connectivity index (χ0) is 16.1. The summed E-state index contributed by atoms with van der Waals surface area (Å²) < 4.78 is 10.5. The summed E-state index contributed by atoms with van der Waals surface area (Å²) in [5.41, 5.74) is 1.25. The fourth-order valence-electron chi connectivity index (χ4n) is 2.59. The lowest BCUT2D eigenvalue weighted by Gasteiger charge is -2.24. The Bertz CT molecular complexity index is 480. The minimum Gasteiger partial charge on any atom is -0.491 e. The highest BCUT2D eigenvalue weighted by molar-refractivity contribution is 5.72. The third-order valence-corrected chi connectivity index (χ3v) is 3.86. The molecule has 0 aromatic heterocycles. The normalized spacial score (nSPS) is 15.9. The Hall–Kier alpha value is -1.55. The zero-order valence-corrected chi connectivity index (χ0v) is 14.0. The minimum atomic E-state index is -0.133. The van der Waals surface area contributed by atoms with Gasteiger partial charge in [-0.3, -0.25) is 9.69 Å². The number of esters is 1. The number of rotatable bonds is 8. The van der Waals surface area contributed by atoms with Gasteiger partial charge in [0.25, 0.3) is 0 Å². The van der Waals surface area contributed by atoms with Gasteiger partial charge in [0.15, 0.2) is 0 Å². The van der Waals surface area contributed by atoms with Crippen molar-refractivity contribution in [2.24, 2.45) is 5.92 Å². The van der Waals surface area contributed by atoms with Crippen LogP contribution in [0.3, 0.4) is 0 Å². The molecule has 0 aliphatic heterocycles. The quantitative estimate of drug-likeness (QED) is 0.691. The number of nitrogens with zero attached hydrogens (tertiary/aromatic N) is 1. The monoisotopic (exact) mass is 305 g/mol. The number of hydrogen-bond donors (Lipinski definition) is 0. The summed E-state index contributed by atoms with van der Waals surface area (Å²) in [4.78, 5) is 14.0. The van der Waals surface area contributed by atoms with Crippen LogP contribution in [0.25, 0.3) is 0 Å². The van der Waals surface area contributed by atoms with E-state index in [1.165, 1.54) is 25.5 Å². The molecule has 4 nitrogen and oxygen atoms in total. The number of ether oxygens (including phenoxy) is 2. The van der Waals surface area contributed by atoms with Crippen LogP contribution in [0.4, 0.5) is 0 Å². The maximum atomic E-state index is 11.6. The second-order valence-corrected chi connectivity index (χ2v) is 6.40. The molecule has 0 radical (unpaired) electrons. The van der Waals surface area contributed by atoms with E-state index in [9.17, 15) is 4.79 Å². The average molecular weight is 305 g/mol.